The second kappa shape index (κ2) is 11.3. The standard InChI is InChI=1S/C28H33ClF4N6/c1-19-18-38(26-21(28(31,32)33)8-7-11-34-26)14-15-39(19)25-17-24(20-9-10-23(30)22(29)16-20)35-27(36(25)2)37-12-5-3-4-6-13-37/h7-11,16-17,19,27H,3-6,12-15,18H2,1-2H3. The first-order valence-corrected chi connectivity index (χ1v) is 13.8. The lowest BCUT2D eigenvalue weighted by molar-refractivity contribution is -0.137. The molecule has 2 unspecified atom stereocenters. The van der Waals surface area contributed by atoms with E-state index < -0.39 is 17.6 Å². The van der Waals surface area contributed by atoms with E-state index >= 15 is 0 Å². The molecular weight excluding hydrogens is 532 g/mol. The monoisotopic (exact) mass is 564 g/mol. The number of likely N-dealkylation sites (tertiary alicyclic amines) is 1. The molecule has 5 rings (SSSR count). The van der Waals surface area contributed by atoms with Crippen molar-refractivity contribution in [3.05, 3.63) is 70.4 Å². The van der Waals surface area contributed by atoms with Gasteiger partial charge in [-0.05, 0) is 50.1 Å². The Morgan fingerprint density at radius 1 is 1.00 bits per heavy atom. The second-order valence-corrected chi connectivity index (χ2v) is 10.8. The highest BCUT2D eigenvalue weighted by molar-refractivity contribution is 6.31. The molecule has 2 saturated heterocycles. The minimum atomic E-state index is -4.47. The van der Waals surface area contributed by atoms with E-state index in [4.69, 9.17) is 16.6 Å². The third-order valence-electron chi connectivity index (χ3n) is 7.72. The maximum Gasteiger partial charge on any atom is 0.419 e. The summed E-state index contributed by atoms with van der Waals surface area (Å²) < 4.78 is 55.0. The topological polar surface area (TPSA) is 38.2 Å². The van der Waals surface area contributed by atoms with Gasteiger partial charge in [0.2, 0.25) is 0 Å². The normalized spacial score (nSPS) is 23.4. The Labute approximate surface area is 231 Å². The van der Waals surface area contributed by atoms with Crippen molar-refractivity contribution in [3.8, 4) is 0 Å². The minimum absolute atomic E-state index is 0.0341. The number of halogens is 5. The van der Waals surface area contributed by atoms with Crippen LogP contribution in [-0.4, -0.2) is 77.5 Å². The molecule has 0 radical (unpaired) electrons. The SMILES string of the molecule is CC1CN(c2ncccc2C(F)(F)F)CCN1C1=CC(c2ccc(F)c(Cl)c2)=NC(N2CCCCCC2)N1C. The molecule has 3 aliphatic rings. The molecule has 3 aliphatic heterocycles. The number of piperazine rings is 1. The first-order valence-electron chi connectivity index (χ1n) is 13.4. The van der Waals surface area contributed by atoms with Gasteiger partial charge >= 0.3 is 6.18 Å². The summed E-state index contributed by atoms with van der Waals surface area (Å²) in [6, 6.07) is 6.92. The summed E-state index contributed by atoms with van der Waals surface area (Å²) in [7, 11) is 2.01. The van der Waals surface area contributed by atoms with Crippen LogP contribution in [0.4, 0.5) is 23.4 Å². The van der Waals surface area contributed by atoms with Crippen LogP contribution in [0.3, 0.4) is 0 Å². The quantitative estimate of drug-likeness (QED) is 0.436. The Bertz CT molecular complexity index is 1240. The van der Waals surface area contributed by atoms with Crippen molar-refractivity contribution < 1.29 is 17.6 Å². The van der Waals surface area contributed by atoms with E-state index in [0.717, 1.165) is 43.4 Å². The number of rotatable bonds is 4. The van der Waals surface area contributed by atoms with Crippen molar-refractivity contribution in [1.82, 2.24) is 19.7 Å². The minimum Gasteiger partial charge on any atom is -0.352 e. The smallest absolute Gasteiger partial charge is 0.352 e. The summed E-state index contributed by atoms with van der Waals surface area (Å²) in [5, 5.41) is 0.0354. The van der Waals surface area contributed by atoms with E-state index in [2.05, 4.69) is 19.7 Å². The number of nitrogens with zero attached hydrogens (tertiary/aromatic N) is 6. The number of aromatic nitrogens is 1. The lowest BCUT2D eigenvalue weighted by Gasteiger charge is -2.48. The van der Waals surface area contributed by atoms with E-state index in [-0.39, 0.29) is 23.2 Å². The summed E-state index contributed by atoms with van der Waals surface area (Å²) in [6.07, 6.45) is 3.22. The summed E-state index contributed by atoms with van der Waals surface area (Å²) in [5.74, 6) is 0.409. The molecule has 4 heterocycles. The molecule has 1 aromatic carbocycles. The van der Waals surface area contributed by atoms with Crippen LogP contribution in [0.25, 0.3) is 0 Å². The van der Waals surface area contributed by atoms with E-state index in [9.17, 15) is 17.6 Å². The van der Waals surface area contributed by atoms with Crippen LogP contribution in [0.5, 0.6) is 0 Å². The van der Waals surface area contributed by atoms with Crippen LogP contribution in [0.15, 0.2) is 53.4 Å². The second-order valence-electron chi connectivity index (χ2n) is 10.4. The molecule has 11 heteroatoms. The Morgan fingerprint density at radius 3 is 2.41 bits per heavy atom. The Hall–Kier alpha value is -2.85. The van der Waals surface area contributed by atoms with Gasteiger partial charge in [-0.25, -0.2) is 14.4 Å². The Balaban J connectivity index is 1.45. The predicted octanol–water partition coefficient (Wildman–Crippen LogP) is 5.84. The number of hydrogen-bond acceptors (Lipinski definition) is 6. The highest BCUT2D eigenvalue weighted by Crippen LogP contribution is 2.36. The van der Waals surface area contributed by atoms with Gasteiger partial charge < -0.3 is 14.7 Å². The van der Waals surface area contributed by atoms with Crippen molar-refractivity contribution in [2.75, 3.05) is 44.7 Å². The maximum atomic E-state index is 13.9. The number of anilines is 1. The van der Waals surface area contributed by atoms with Crippen molar-refractivity contribution in [2.24, 2.45) is 4.99 Å². The molecule has 39 heavy (non-hydrogen) atoms. The molecular formula is C28H33ClF4N6. The van der Waals surface area contributed by atoms with E-state index in [1.54, 1.807) is 17.0 Å². The highest BCUT2D eigenvalue weighted by atomic mass is 35.5. The molecule has 0 bridgehead atoms. The lowest BCUT2D eigenvalue weighted by atomic mass is 10.1. The summed E-state index contributed by atoms with van der Waals surface area (Å²) in [4.78, 5) is 17.6. The first-order chi connectivity index (χ1) is 18.6. The van der Waals surface area contributed by atoms with Gasteiger partial charge in [-0.3, -0.25) is 4.90 Å². The van der Waals surface area contributed by atoms with Crippen molar-refractivity contribution in [1.29, 1.82) is 0 Å². The number of alkyl halides is 3. The number of aliphatic imine (C=N–C) groups is 1. The van der Waals surface area contributed by atoms with Crippen LogP contribution >= 0.6 is 11.6 Å². The molecule has 0 aliphatic carbocycles. The van der Waals surface area contributed by atoms with Gasteiger partial charge in [-0.2, -0.15) is 13.2 Å². The van der Waals surface area contributed by atoms with Gasteiger partial charge in [-0.1, -0.05) is 24.4 Å². The van der Waals surface area contributed by atoms with Gasteiger partial charge in [0.15, 0.2) is 6.29 Å². The molecule has 0 amide bonds. The molecule has 0 spiro atoms. The van der Waals surface area contributed by atoms with Crippen LogP contribution in [0, 0.1) is 5.82 Å². The van der Waals surface area contributed by atoms with Gasteiger partial charge in [0.1, 0.15) is 17.5 Å². The summed E-state index contributed by atoms with van der Waals surface area (Å²) in [6.45, 7) is 5.14. The largest absolute Gasteiger partial charge is 0.419 e. The van der Waals surface area contributed by atoms with E-state index in [0.29, 0.717) is 25.3 Å². The van der Waals surface area contributed by atoms with Crippen LogP contribution in [0.1, 0.15) is 43.7 Å². The fourth-order valence-electron chi connectivity index (χ4n) is 5.70. The molecule has 1 aromatic heterocycles. The van der Waals surface area contributed by atoms with Crippen LogP contribution in [-0.2, 0) is 6.18 Å². The average Bonchev–Trinajstić information content (AvgIpc) is 3.20. The highest BCUT2D eigenvalue weighted by Gasteiger charge is 2.39. The molecule has 210 valence electrons. The number of hydrogen-bond donors (Lipinski definition) is 0. The van der Waals surface area contributed by atoms with Crippen molar-refractivity contribution in [3.63, 3.8) is 0 Å². The zero-order valence-electron chi connectivity index (χ0n) is 22.1. The first kappa shape index (κ1) is 27.7. The zero-order valence-corrected chi connectivity index (χ0v) is 22.9. The summed E-state index contributed by atoms with van der Waals surface area (Å²) in [5.41, 5.74) is 0.711. The fraction of sp³-hybridized carbons (Fsp3) is 0.500. The number of benzene rings is 1. The fourth-order valence-corrected chi connectivity index (χ4v) is 5.88. The predicted molar refractivity (Wildman–Crippen MR) is 145 cm³/mol. The lowest BCUT2D eigenvalue weighted by Crippen LogP contribution is -2.57. The molecule has 2 atom stereocenters. The molecule has 0 N–H and O–H groups in total. The zero-order chi connectivity index (χ0) is 27.7. The third-order valence-corrected chi connectivity index (χ3v) is 8.01. The van der Waals surface area contributed by atoms with Crippen molar-refractivity contribution >= 4 is 23.1 Å². The maximum absolute atomic E-state index is 13.9. The Kier molecular flexibility index (Phi) is 8.05. The van der Waals surface area contributed by atoms with Gasteiger partial charge in [0.25, 0.3) is 0 Å². The van der Waals surface area contributed by atoms with Crippen LogP contribution < -0.4 is 4.90 Å². The number of pyridine rings is 1. The van der Waals surface area contributed by atoms with Gasteiger partial charge in [0, 0.05) is 63.6 Å². The molecule has 2 aromatic rings. The average molecular weight is 565 g/mol. The van der Waals surface area contributed by atoms with Gasteiger partial charge in [0.05, 0.1) is 16.3 Å². The van der Waals surface area contributed by atoms with Crippen molar-refractivity contribution in [2.45, 2.75) is 51.1 Å². The molecule has 6 nitrogen and oxygen atoms in total. The van der Waals surface area contributed by atoms with E-state index in [1.807, 2.05) is 20.0 Å². The van der Waals surface area contributed by atoms with Gasteiger partial charge in [-0.15, -0.1) is 0 Å². The Morgan fingerprint density at radius 2 is 1.74 bits per heavy atom. The number of allylic oxidation sites excluding steroid dienone is 1. The molecule has 0 saturated carbocycles. The molecule has 2 fully saturated rings. The van der Waals surface area contributed by atoms with E-state index in [1.165, 1.54) is 31.2 Å². The third kappa shape index (κ3) is 5.87. The van der Waals surface area contributed by atoms with Crippen LogP contribution in [0.2, 0.25) is 5.02 Å². The summed E-state index contributed by atoms with van der Waals surface area (Å²) >= 11 is 6.12.